The number of tetrazole rings is 1. The van der Waals surface area contributed by atoms with Crippen molar-refractivity contribution >= 4 is 21.6 Å². The quantitative estimate of drug-likeness (QED) is 0.487. The van der Waals surface area contributed by atoms with Gasteiger partial charge in [-0.15, -0.1) is 5.10 Å². The van der Waals surface area contributed by atoms with Crippen LogP contribution in [0.25, 0.3) is 10.2 Å². The van der Waals surface area contributed by atoms with Crippen LogP contribution in [-0.4, -0.2) is 44.9 Å². The van der Waals surface area contributed by atoms with Crippen molar-refractivity contribution in [3.05, 3.63) is 54.4 Å². The monoisotopic (exact) mass is 422 g/mol. The second-order valence-corrected chi connectivity index (χ2v) is 8.15. The van der Waals surface area contributed by atoms with Gasteiger partial charge in [-0.3, -0.25) is 0 Å². The second kappa shape index (κ2) is 8.76. The molecule has 0 bridgehead atoms. The highest BCUT2D eigenvalue weighted by Gasteiger charge is 2.21. The Kier molecular flexibility index (Phi) is 5.54. The lowest BCUT2D eigenvalue weighted by molar-refractivity contribution is 0.283. The first kappa shape index (κ1) is 19.0. The lowest BCUT2D eigenvalue weighted by atomic mass is 9.97. The van der Waals surface area contributed by atoms with Crippen LogP contribution in [0.4, 0.5) is 0 Å². The van der Waals surface area contributed by atoms with Crippen LogP contribution in [0.3, 0.4) is 0 Å². The molecule has 9 heteroatoms. The largest absolute Gasteiger partial charge is 0.492 e. The van der Waals surface area contributed by atoms with Gasteiger partial charge in [0.25, 0.3) is 5.19 Å². The van der Waals surface area contributed by atoms with E-state index < -0.39 is 0 Å². The Morgan fingerprint density at radius 3 is 2.67 bits per heavy atom. The standard InChI is InChI=1S/C21H22N6O2S/c1-2-4-19-18(3-1)23-21(30-19)29-17-7-5-16(6-8-17)28-14-13-27-20(24-25-26-27)15-9-11-22-12-10-15/h1-8,15,22H,9-14H2. The summed E-state index contributed by atoms with van der Waals surface area (Å²) in [7, 11) is 0. The van der Waals surface area contributed by atoms with Crippen molar-refractivity contribution in [3.63, 3.8) is 0 Å². The molecule has 5 rings (SSSR count). The first-order valence-corrected chi connectivity index (χ1v) is 10.9. The maximum Gasteiger partial charge on any atom is 0.279 e. The molecule has 0 aliphatic carbocycles. The molecule has 0 unspecified atom stereocenters. The van der Waals surface area contributed by atoms with Crippen LogP contribution in [0.5, 0.6) is 16.7 Å². The van der Waals surface area contributed by atoms with E-state index in [1.165, 1.54) is 11.3 Å². The van der Waals surface area contributed by atoms with Crippen molar-refractivity contribution in [2.24, 2.45) is 0 Å². The van der Waals surface area contributed by atoms with E-state index in [0.29, 0.717) is 24.3 Å². The zero-order chi connectivity index (χ0) is 20.2. The molecule has 0 radical (unpaired) electrons. The van der Waals surface area contributed by atoms with Crippen molar-refractivity contribution in [3.8, 4) is 16.7 Å². The third-order valence-corrected chi connectivity index (χ3v) is 6.05. The Bertz CT molecular complexity index is 1070. The normalized spacial score (nSPS) is 14.8. The molecular formula is C21H22N6O2S. The molecule has 0 spiro atoms. The maximum atomic E-state index is 5.88. The number of ether oxygens (including phenoxy) is 2. The van der Waals surface area contributed by atoms with Crippen LogP contribution in [0.2, 0.25) is 0 Å². The molecule has 1 fully saturated rings. The smallest absolute Gasteiger partial charge is 0.279 e. The van der Waals surface area contributed by atoms with Gasteiger partial charge in [0.2, 0.25) is 0 Å². The summed E-state index contributed by atoms with van der Waals surface area (Å²) >= 11 is 1.53. The predicted molar refractivity (Wildman–Crippen MR) is 114 cm³/mol. The number of aromatic nitrogens is 5. The molecule has 30 heavy (non-hydrogen) atoms. The van der Waals surface area contributed by atoms with Gasteiger partial charge in [0.05, 0.1) is 16.8 Å². The van der Waals surface area contributed by atoms with E-state index in [4.69, 9.17) is 9.47 Å². The van der Waals surface area contributed by atoms with Crippen molar-refractivity contribution in [1.29, 1.82) is 0 Å². The molecule has 3 heterocycles. The molecule has 2 aromatic heterocycles. The second-order valence-electron chi connectivity index (χ2n) is 7.15. The average Bonchev–Trinajstić information content (AvgIpc) is 3.42. The van der Waals surface area contributed by atoms with E-state index in [0.717, 1.165) is 53.5 Å². The molecule has 1 aliphatic heterocycles. The van der Waals surface area contributed by atoms with Crippen LogP contribution in [-0.2, 0) is 6.54 Å². The zero-order valence-corrected chi connectivity index (χ0v) is 17.2. The number of para-hydroxylation sites is 1. The minimum Gasteiger partial charge on any atom is -0.492 e. The Hall–Kier alpha value is -3.04. The summed E-state index contributed by atoms with van der Waals surface area (Å²) < 4.78 is 14.7. The third kappa shape index (κ3) is 4.27. The van der Waals surface area contributed by atoms with Gasteiger partial charge in [0, 0.05) is 5.92 Å². The van der Waals surface area contributed by atoms with Gasteiger partial charge in [-0.25, -0.2) is 9.67 Å². The minimum atomic E-state index is 0.417. The summed E-state index contributed by atoms with van der Waals surface area (Å²) in [6.45, 7) is 3.15. The van der Waals surface area contributed by atoms with Gasteiger partial charge < -0.3 is 14.8 Å². The van der Waals surface area contributed by atoms with Gasteiger partial charge in [-0.1, -0.05) is 23.5 Å². The van der Waals surface area contributed by atoms with E-state index in [1.54, 1.807) is 0 Å². The number of rotatable bonds is 7. The summed E-state index contributed by atoms with van der Waals surface area (Å²) in [5.41, 5.74) is 0.948. The fourth-order valence-corrected chi connectivity index (χ4v) is 4.43. The highest BCUT2D eigenvalue weighted by Crippen LogP contribution is 2.31. The molecule has 0 atom stereocenters. The number of nitrogens with zero attached hydrogens (tertiary/aromatic N) is 5. The van der Waals surface area contributed by atoms with E-state index in [2.05, 4.69) is 25.8 Å². The topological polar surface area (TPSA) is 87.0 Å². The van der Waals surface area contributed by atoms with Crippen LogP contribution in [0, 0.1) is 0 Å². The molecule has 0 saturated carbocycles. The molecular weight excluding hydrogens is 400 g/mol. The SMILES string of the molecule is c1ccc2sc(Oc3ccc(OCCn4nnnc4C4CCNCC4)cc3)nc2c1. The first-order valence-electron chi connectivity index (χ1n) is 10.1. The van der Waals surface area contributed by atoms with Gasteiger partial charge >= 0.3 is 0 Å². The van der Waals surface area contributed by atoms with E-state index in [9.17, 15) is 0 Å². The Labute approximate surface area is 177 Å². The summed E-state index contributed by atoms with van der Waals surface area (Å²) in [4.78, 5) is 4.49. The number of nitrogens with one attached hydrogen (secondary N) is 1. The van der Waals surface area contributed by atoms with Crippen LogP contribution in [0.1, 0.15) is 24.6 Å². The molecule has 2 aromatic carbocycles. The number of thiazole rings is 1. The lowest BCUT2D eigenvalue weighted by Gasteiger charge is -2.21. The van der Waals surface area contributed by atoms with Gasteiger partial charge in [0.15, 0.2) is 5.82 Å². The number of benzene rings is 2. The highest BCUT2D eigenvalue weighted by atomic mass is 32.1. The van der Waals surface area contributed by atoms with Gasteiger partial charge in [-0.2, -0.15) is 0 Å². The van der Waals surface area contributed by atoms with E-state index in [-0.39, 0.29) is 0 Å². The van der Waals surface area contributed by atoms with Gasteiger partial charge in [-0.05, 0) is 72.8 Å². The first-order chi connectivity index (χ1) is 14.8. The van der Waals surface area contributed by atoms with Crippen LogP contribution >= 0.6 is 11.3 Å². The third-order valence-electron chi connectivity index (χ3n) is 5.14. The zero-order valence-electron chi connectivity index (χ0n) is 16.4. The Balaban J connectivity index is 1.15. The molecule has 1 aliphatic rings. The van der Waals surface area contributed by atoms with Crippen LogP contribution < -0.4 is 14.8 Å². The number of hydrogen-bond donors (Lipinski definition) is 1. The molecule has 4 aromatic rings. The predicted octanol–water partition coefficient (Wildman–Crippen LogP) is 3.62. The van der Waals surface area contributed by atoms with E-state index >= 15 is 0 Å². The maximum absolute atomic E-state index is 5.88. The van der Waals surface area contributed by atoms with Crippen molar-refractivity contribution in [1.82, 2.24) is 30.5 Å². The fraction of sp³-hybridized carbons (Fsp3) is 0.333. The molecule has 1 saturated heterocycles. The molecule has 8 nitrogen and oxygen atoms in total. The van der Waals surface area contributed by atoms with Crippen molar-refractivity contribution < 1.29 is 9.47 Å². The lowest BCUT2D eigenvalue weighted by Crippen LogP contribution is -2.28. The summed E-state index contributed by atoms with van der Waals surface area (Å²) in [5.74, 6) is 2.89. The summed E-state index contributed by atoms with van der Waals surface area (Å²) in [6, 6.07) is 15.6. The van der Waals surface area contributed by atoms with Crippen molar-refractivity contribution in [2.45, 2.75) is 25.3 Å². The molecule has 154 valence electrons. The number of piperidine rings is 1. The minimum absolute atomic E-state index is 0.417. The Morgan fingerprint density at radius 2 is 1.83 bits per heavy atom. The van der Waals surface area contributed by atoms with Crippen LogP contribution in [0.15, 0.2) is 48.5 Å². The Morgan fingerprint density at radius 1 is 1.03 bits per heavy atom. The van der Waals surface area contributed by atoms with E-state index in [1.807, 2.05) is 53.2 Å². The number of hydrogen-bond acceptors (Lipinski definition) is 8. The number of fused-ring (bicyclic) bond motifs is 1. The molecule has 1 N–H and O–H groups in total. The van der Waals surface area contributed by atoms with Gasteiger partial charge in [0.1, 0.15) is 18.1 Å². The summed E-state index contributed by atoms with van der Waals surface area (Å²) in [5, 5.41) is 16.2. The van der Waals surface area contributed by atoms with Crippen molar-refractivity contribution in [2.75, 3.05) is 19.7 Å². The average molecular weight is 423 g/mol. The fourth-order valence-electron chi connectivity index (χ4n) is 3.59. The summed E-state index contributed by atoms with van der Waals surface area (Å²) in [6.07, 6.45) is 2.13. The highest BCUT2D eigenvalue weighted by molar-refractivity contribution is 7.20. The molecule has 0 amide bonds.